The Hall–Kier alpha value is -3.89. The molecule has 1 amide bonds. The number of benzene rings is 3. The van der Waals surface area contributed by atoms with Gasteiger partial charge in [-0.3, -0.25) is 4.79 Å². The van der Waals surface area contributed by atoms with Crippen LogP contribution in [0.15, 0.2) is 82.8 Å². The number of carbonyl (C=O) groups excluding carboxylic acids is 1. The lowest BCUT2D eigenvalue weighted by molar-refractivity contribution is -0.121. The summed E-state index contributed by atoms with van der Waals surface area (Å²) in [5.74, 6) is 0.686. The first-order valence-corrected chi connectivity index (χ1v) is 12.6. The van der Waals surface area contributed by atoms with Crippen LogP contribution >= 0.6 is 0 Å². The Morgan fingerprint density at radius 2 is 1.64 bits per heavy atom. The predicted molar refractivity (Wildman–Crippen MR) is 137 cm³/mol. The lowest BCUT2D eigenvalue weighted by atomic mass is 10.2. The highest BCUT2D eigenvalue weighted by atomic mass is 32.2. The normalized spacial score (nSPS) is 11.4. The molecule has 0 bridgehead atoms. The highest BCUT2D eigenvalue weighted by molar-refractivity contribution is 7.89. The van der Waals surface area contributed by atoms with E-state index in [2.05, 4.69) is 10.5 Å². The Bertz CT molecular complexity index is 1300. The average Bonchev–Trinajstić information content (AvgIpc) is 2.89. The van der Waals surface area contributed by atoms with Crippen LogP contribution in [0.4, 0.5) is 0 Å². The number of amides is 1. The molecule has 3 rings (SSSR count). The first kappa shape index (κ1) is 26.7. The number of sulfonamides is 1. The van der Waals surface area contributed by atoms with E-state index in [0.29, 0.717) is 23.7 Å². The molecular weight excluding hydrogens is 482 g/mol. The van der Waals surface area contributed by atoms with Gasteiger partial charge in [-0.2, -0.15) is 9.41 Å². The summed E-state index contributed by atoms with van der Waals surface area (Å²) in [7, 11) is -1.19. The van der Waals surface area contributed by atoms with Crippen LogP contribution in [0.3, 0.4) is 0 Å². The zero-order valence-corrected chi connectivity index (χ0v) is 21.2. The van der Waals surface area contributed by atoms with Gasteiger partial charge in [0.25, 0.3) is 5.91 Å². The summed E-state index contributed by atoms with van der Waals surface area (Å²) in [4.78, 5) is 12.7. The fourth-order valence-corrected chi connectivity index (χ4v) is 4.78. The van der Waals surface area contributed by atoms with Gasteiger partial charge in [-0.05, 0) is 36.8 Å². The third-order valence-electron chi connectivity index (χ3n) is 5.13. The van der Waals surface area contributed by atoms with Crippen LogP contribution in [0.5, 0.6) is 17.2 Å². The van der Waals surface area contributed by atoms with Crippen molar-refractivity contribution < 1.29 is 27.4 Å². The molecule has 0 spiro atoms. The Morgan fingerprint density at radius 1 is 0.944 bits per heavy atom. The number of nitrogens with one attached hydrogen (secondary N) is 1. The number of rotatable bonds is 12. The Labute approximate surface area is 211 Å². The van der Waals surface area contributed by atoms with E-state index in [9.17, 15) is 13.2 Å². The molecule has 10 heteroatoms. The number of para-hydroxylation sites is 1. The van der Waals surface area contributed by atoms with E-state index < -0.39 is 22.5 Å². The van der Waals surface area contributed by atoms with Crippen molar-refractivity contribution in [3.8, 4) is 17.2 Å². The maximum absolute atomic E-state index is 13.5. The smallest absolute Gasteiger partial charge is 0.255 e. The lowest BCUT2D eigenvalue weighted by Crippen LogP contribution is -2.39. The second-order valence-electron chi connectivity index (χ2n) is 7.54. The monoisotopic (exact) mass is 511 g/mol. The van der Waals surface area contributed by atoms with E-state index >= 15 is 0 Å². The zero-order valence-electron chi connectivity index (χ0n) is 20.4. The summed E-state index contributed by atoms with van der Waals surface area (Å²) in [5, 5.41) is 3.99. The maximum Gasteiger partial charge on any atom is 0.255 e. The number of nitrogens with zero attached hydrogens (tertiary/aromatic N) is 2. The second kappa shape index (κ2) is 12.7. The summed E-state index contributed by atoms with van der Waals surface area (Å²) in [6.07, 6.45) is 1.45. The molecule has 0 fully saturated rings. The molecule has 0 aliphatic heterocycles. The molecule has 1 N–H and O–H groups in total. The number of hydrazone groups is 1. The summed E-state index contributed by atoms with van der Waals surface area (Å²) >= 11 is 0. The summed E-state index contributed by atoms with van der Waals surface area (Å²) < 4.78 is 44.2. The third-order valence-corrected chi connectivity index (χ3v) is 6.91. The molecule has 190 valence electrons. The standard InChI is InChI=1S/C26H29N3O6S/c1-4-35-23-13-9-8-12-21(23)17-27-28-26(30)19-29(18-20-10-6-5-7-11-20)36(31,32)22-14-15-24(33-2)25(16-22)34-3/h5-17H,4,18-19H2,1-3H3,(H,28,30)/b27-17-. The number of carbonyl (C=O) groups is 1. The van der Waals surface area contributed by atoms with Gasteiger partial charge in [0, 0.05) is 18.2 Å². The predicted octanol–water partition coefficient (Wildman–Crippen LogP) is 3.44. The highest BCUT2D eigenvalue weighted by Gasteiger charge is 2.28. The van der Waals surface area contributed by atoms with Crippen molar-refractivity contribution in [1.82, 2.24) is 9.73 Å². The van der Waals surface area contributed by atoms with Crippen LogP contribution in [0.2, 0.25) is 0 Å². The van der Waals surface area contributed by atoms with E-state index in [1.54, 1.807) is 36.4 Å². The molecule has 0 atom stereocenters. The molecule has 0 saturated heterocycles. The summed E-state index contributed by atoms with van der Waals surface area (Å²) in [5.41, 5.74) is 3.81. The van der Waals surface area contributed by atoms with E-state index in [1.807, 2.05) is 25.1 Å². The molecule has 3 aromatic carbocycles. The second-order valence-corrected chi connectivity index (χ2v) is 9.48. The minimum atomic E-state index is -4.08. The SMILES string of the molecule is CCOc1ccccc1/C=N\NC(=O)CN(Cc1ccccc1)S(=O)(=O)c1ccc(OC)c(OC)c1. The van der Waals surface area contributed by atoms with Gasteiger partial charge in [-0.1, -0.05) is 42.5 Å². The molecule has 36 heavy (non-hydrogen) atoms. The number of hydrogen-bond acceptors (Lipinski definition) is 7. The van der Waals surface area contributed by atoms with Crippen LogP contribution in [-0.4, -0.2) is 52.2 Å². The fraction of sp³-hybridized carbons (Fsp3) is 0.231. The van der Waals surface area contributed by atoms with Crippen molar-refractivity contribution in [2.75, 3.05) is 27.4 Å². The van der Waals surface area contributed by atoms with E-state index in [-0.39, 0.29) is 17.2 Å². The molecule has 0 unspecified atom stereocenters. The zero-order chi connectivity index (χ0) is 26.0. The van der Waals surface area contributed by atoms with Crippen molar-refractivity contribution in [2.45, 2.75) is 18.4 Å². The van der Waals surface area contributed by atoms with Gasteiger partial charge >= 0.3 is 0 Å². The molecule has 0 aromatic heterocycles. The van der Waals surface area contributed by atoms with Crippen molar-refractivity contribution in [3.63, 3.8) is 0 Å². The highest BCUT2D eigenvalue weighted by Crippen LogP contribution is 2.31. The van der Waals surface area contributed by atoms with E-state index in [1.165, 1.54) is 38.6 Å². The average molecular weight is 512 g/mol. The van der Waals surface area contributed by atoms with Gasteiger partial charge in [0.1, 0.15) is 5.75 Å². The fourth-order valence-electron chi connectivity index (χ4n) is 3.38. The summed E-state index contributed by atoms with van der Waals surface area (Å²) in [6, 6.07) is 20.6. The Morgan fingerprint density at radius 3 is 2.33 bits per heavy atom. The van der Waals surface area contributed by atoms with Gasteiger partial charge in [0.05, 0.1) is 38.5 Å². The number of hydrogen-bond donors (Lipinski definition) is 1. The minimum Gasteiger partial charge on any atom is -0.493 e. The van der Waals surface area contributed by atoms with E-state index in [0.717, 1.165) is 9.87 Å². The van der Waals surface area contributed by atoms with Crippen molar-refractivity contribution in [3.05, 3.63) is 83.9 Å². The maximum atomic E-state index is 13.5. The van der Waals surface area contributed by atoms with Gasteiger partial charge in [0.15, 0.2) is 11.5 Å². The van der Waals surface area contributed by atoms with Crippen LogP contribution in [0, 0.1) is 0 Å². The molecule has 9 nitrogen and oxygen atoms in total. The minimum absolute atomic E-state index is 0.0121. The van der Waals surface area contributed by atoms with Crippen molar-refractivity contribution in [2.24, 2.45) is 5.10 Å². The molecular formula is C26H29N3O6S. The van der Waals surface area contributed by atoms with Crippen LogP contribution in [-0.2, 0) is 21.4 Å². The van der Waals surface area contributed by atoms with Crippen LogP contribution in [0.1, 0.15) is 18.1 Å². The largest absolute Gasteiger partial charge is 0.493 e. The number of methoxy groups -OCH3 is 2. The Kier molecular flexibility index (Phi) is 9.43. The topological polar surface area (TPSA) is 107 Å². The van der Waals surface area contributed by atoms with Gasteiger partial charge in [-0.15, -0.1) is 0 Å². The quantitative estimate of drug-likeness (QED) is 0.295. The molecule has 0 aliphatic rings. The first-order chi connectivity index (χ1) is 17.4. The summed E-state index contributed by atoms with van der Waals surface area (Å²) in [6.45, 7) is 1.90. The van der Waals surface area contributed by atoms with Crippen molar-refractivity contribution in [1.29, 1.82) is 0 Å². The lowest BCUT2D eigenvalue weighted by Gasteiger charge is -2.22. The molecule has 0 heterocycles. The van der Waals surface area contributed by atoms with Crippen LogP contribution in [0.25, 0.3) is 0 Å². The molecule has 3 aromatic rings. The third kappa shape index (κ3) is 6.83. The molecule has 0 radical (unpaired) electrons. The Balaban J connectivity index is 1.83. The molecule has 0 aliphatic carbocycles. The van der Waals surface area contributed by atoms with Gasteiger partial charge < -0.3 is 14.2 Å². The van der Waals surface area contributed by atoms with Gasteiger partial charge in [0.2, 0.25) is 10.0 Å². The molecule has 0 saturated carbocycles. The van der Waals surface area contributed by atoms with Crippen molar-refractivity contribution >= 4 is 22.1 Å². The first-order valence-electron chi connectivity index (χ1n) is 11.2. The van der Waals surface area contributed by atoms with Crippen LogP contribution < -0.4 is 19.6 Å². The number of ether oxygens (including phenoxy) is 3. The van der Waals surface area contributed by atoms with Gasteiger partial charge in [-0.25, -0.2) is 13.8 Å². The van der Waals surface area contributed by atoms with E-state index in [4.69, 9.17) is 14.2 Å².